The summed E-state index contributed by atoms with van der Waals surface area (Å²) >= 11 is 5.05. The monoisotopic (exact) mass is 353 g/mol. The van der Waals surface area contributed by atoms with E-state index in [4.69, 9.17) is 0 Å². The summed E-state index contributed by atoms with van der Waals surface area (Å²) in [7, 11) is 0. The van der Waals surface area contributed by atoms with E-state index in [1.165, 1.54) is 0 Å². The van der Waals surface area contributed by atoms with Crippen LogP contribution in [0.1, 0.15) is 19.4 Å². The highest BCUT2D eigenvalue weighted by atomic mass is 79.9. The van der Waals surface area contributed by atoms with Crippen molar-refractivity contribution in [2.45, 2.75) is 19.0 Å². The Morgan fingerprint density at radius 3 is 3.10 bits per heavy atom. The van der Waals surface area contributed by atoms with Crippen molar-refractivity contribution in [3.8, 4) is 0 Å². The van der Waals surface area contributed by atoms with Crippen LogP contribution >= 0.6 is 27.7 Å². The number of anilines is 1. The summed E-state index contributed by atoms with van der Waals surface area (Å²) in [4.78, 5) is 4.29. The van der Waals surface area contributed by atoms with Gasteiger partial charge in [0.15, 0.2) is 0 Å². The molecule has 0 aliphatic heterocycles. The second kappa shape index (κ2) is 7.44. The minimum absolute atomic E-state index is 0.544. The summed E-state index contributed by atoms with van der Waals surface area (Å²) in [5.74, 6) is 2.16. The van der Waals surface area contributed by atoms with Gasteiger partial charge in [-0.05, 0) is 23.6 Å². The first-order valence-corrected chi connectivity index (χ1v) is 8.01. The molecule has 0 radical (unpaired) electrons. The van der Waals surface area contributed by atoms with Crippen LogP contribution < -0.4 is 5.43 Å². The average molecular weight is 354 g/mol. The number of benzene rings is 1. The molecule has 0 fully saturated rings. The zero-order valence-electron chi connectivity index (χ0n) is 11.3. The molecule has 7 heteroatoms. The van der Waals surface area contributed by atoms with Gasteiger partial charge in [-0.3, -0.25) is 0 Å². The standard InChI is InChI=1S/C13H16BrN5S/c1-9(2)8-20-13-16-12(18-19-13)17-15-7-10-4-3-5-11(14)6-10/h3-7,9H,8H2,1-2H3,(H2,16,17,18,19)/b15-7+. The Hall–Kier alpha value is -1.34. The first kappa shape index (κ1) is 15.1. The van der Waals surface area contributed by atoms with E-state index in [-0.39, 0.29) is 0 Å². The highest BCUT2D eigenvalue weighted by molar-refractivity contribution is 9.10. The molecule has 0 atom stereocenters. The molecular formula is C13H16BrN5S. The van der Waals surface area contributed by atoms with Crippen LogP contribution in [0.3, 0.4) is 0 Å². The fourth-order valence-corrected chi connectivity index (χ4v) is 2.52. The summed E-state index contributed by atoms with van der Waals surface area (Å²) in [6.07, 6.45) is 1.73. The third-order valence-electron chi connectivity index (χ3n) is 2.24. The largest absolute Gasteiger partial charge is 0.246 e. The molecule has 0 spiro atoms. The minimum Gasteiger partial charge on any atom is -0.246 e. The molecule has 2 N–H and O–H groups in total. The van der Waals surface area contributed by atoms with E-state index in [0.717, 1.165) is 20.9 Å². The van der Waals surface area contributed by atoms with Crippen LogP contribution in [0.15, 0.2) is 39.0 Å². The number of thioether (sulfide) groups is 1. The van der Waals surface area contributed by atoms with Crippen molar-refractivity contribution in [2.75, 3.05) is 11.2 Å². The zero-order valence-corrected chi connectivity index (χ0v) is 13.7. The quantitative estimate of drug-likeness (QED) is 0.471. The summed E-state index contributed by atoms with van der Waals surface area (Å²) < 4.78 is 1.02. The Balaban J connectivity index is 1.88. The predicted octanol–water partition coefficient (Wildman–Crippen LogP) is 3.76. The lowest BCUT2D eigenvalue weighted by Gasteiger charge is -1.98. The van der Waals surface area contributed by atoms with Crippen molar-refractivity contribution in [3.63, 3.8) is 0 Å². The first-order chi connectivity index (χ1) is 9.63. The fourth-order valence-electron chi connectivity index (χ4n) is 1.36. The van der Waals surface area contributed by atoms with Gasteiger partial charge in [-0.25, -0.2) is 10.5 Å². The van der Waals surface area contributed by atoms with Gasteiger partial charge in [0.2, 0.25) is 11.1 Å². The molecule has 1 heterocycles. The molecule has 106 valence electrons. The fraction of sp³-hybridized carbons (Fsp3) is 0.308. The number of aromatic nitrogens is 3. The Morgan fingerprint density at radius 2 is 2.35 bits per heavy atom. The van der Waals surface area contributed by atoms with Crippen molar-refractivity contribution in [1.29, 1.82) is 0 Å². The van der Waals surface area contributed by atoms with Gasteiger partial charge in [-0.15, -0.1) is 5.10 Å². The number of aromatic amines is 1. The maximum atomic E-state index is 4.29. The number of halogens is 1. The van der Waals surface area contributed by atoms with Crippen LogP contribution in [0, 0.1) is 5.92 Å². The van der Waals surface area contributed by atoms with Crippen molar-refractivity contribution in [2.24, 2.45) is 11.0 Å². The van der Waals surface area contributed by atoms with E-state index in [2.05, 4.69) is 55.5 Å². The minimum atomic E-state index is 0.544. The maximum absolute atomic E-state index is 4.29. The number of rotatable bonds is 6. The summed E-state index contributed by atoms with van der Waals surface area (Å²) in [6, 6.07) is 7.88. The molecule has 1 aromatic carbocycles. The van der Waals surface area contributed by atoms with Crippen LogP contribution in [0.2, 0.25) is 0 Å². The Labute approximate surface area is 130 Å². The number of hydrazone groups is 1. The molecule has 0 unspecified atom stereocenters. The number of nitrogens with one attached hydrogen (secondary N) is 2. The number of hydrogen-bond donors (Lipinski definition) is 2. The van der Waals surface area contributed by atoms with Crippen LogP contribution in [0.4, 0.5) is 5.95 Å². The van der Waals surface area contributed by atoms with Crippen LogP contribution in [0.25, 0.3) is 0 Å². The van der Waals surface area contributed by atoms with Gasteiger partial charge in [-0.2, -0.15) is 10.1 Å². The molecule has 0 amide bonds. The third-order valence-corrected chi connectivity index (χ3v) is 4.01. The molecule has 0 saturated carbocycles. The van der Waals surface area contributed by atoms with Gasteiger partial charge in [0.25, 0.3) is 0 Å². The average Bonchev–Trinajstić information content (AvgIpc) is 2.84. The normalized spacial score (nSPS) is 11.4. The van der Waals surface area contributed by atoms with Crippen molar-refractivity contribution >= 4 is 39.9 Å². The molecular weight excluding hydrogens is 338 g/mol. The van der Waals surface area contributed by atoms with Crippen molar-refractivity contribution in [3.05, 3.63) is 34.3 Å². The first-order valence-electron chi connectivity index (χ1n) is 6.23. The van der Waals surface area contributed by atoms with E-state index in [1.54, 1.807) is 18.0 Å². The Kier molecular flexibility index (Phi) is 5.60. The Morgan fingerprint density at radius 1 is 1.50 bits per heavy atom. The van der Waals surface area contributed by atoms with Crippen LogP contribution in [0.5, 0.6) is 0 Å². The zero-order chi connectivity index (χ0) is 14.4. The van der Waals surface area contributed by atoms with Gasteiger partial charge >= 0.3 is 0 Å². The highest BCUT2D eigenvalue weighted by Gasteiger charge is 2.03. The Bertz CT molecular complexity index is 582. The second-order valence-electron chi connectivity index (χ2n) is 4.60. The third kappa shape index (κ3) is 4.97. The molecule has 0 saturated heterocycles. The molecule has 2 aromatic rings. The molecule has 5 nitrogen and oxygen atoms in total. The van der Waals surface area contributed by atoms with E-state index in [9.17, 15) is 0 Å². The van der Waals surface area contributed by atoms with E-state index in [1.807, 2.05) is 24.3 Å². The van der Waals surface area contributed by atoms with Crippen LogP contribution in [-0.2, 0) is 0 Å². The lowest BCUT2D eigenvalue weighted by Crippen LogP contribution is -1.93. The van der Waals surface area contributed by atoms with E-state index >= 15 is 0 Å². The van der Waals surface area contributed by atoms with Gasteiger partial charge < -0.3 is 0 Å². The number of H-pyrrole nitrogens is 1. The van der Waals surface area contributed by atoms with Crippen molar-refractivity contribution < 1.29 is 0 Å². The van der Waals surface area contributed by atoms with E-state index < -0.39 is 0 Å². The summed E-state index contributed by atoms with van der Waals surface area (Å²) in [5.41, 5.74) is 3.83. The summed E-state index contributed by atoms with van der Waals surface area (Å²) in [6.45, 7) is 4.34. The van der Waals surface area contributed by atoms with Gasteiger partial charge in [0.05, 0.1) is 6.21 Å². The topological polar surface area (TPSA) is 66.0 Å². The highest BCUT2D eigenvalue weighted by Crippen LogP contribution is 2.17. The van der Waals surface area contributed by atoms with Gasteiger partial charge in [-0.1, -0.05) is 53.7 Å². The molecule has 1 aromatic heterocycles. The van der Waals surface area contributed by atoms with Crippen molar-refractivity contribution in [1.82, 2.24) is 15.2 Å². The number of hydrogen-bond acceptors (Lipinski definition) is 5. The number of nitrogens with zero attached hydrogens (tertiary/aromatic N) is 3. The van der Waals surface area contributed by atoms with Crippen LogP contribution in [-0.4, -0.2) is 27.1 Å². The van der Waals surface area contributed by atoms with Gasteiger partial charge in [0, 0.05) is 10.2 Å². The SMILES string of the molecule is CC(C)CSc1n[nH]c(N/N=C/c2cccc(Br)c2)n1. The maximum Gasteiger partial charge on any atom is 0.240 e. The molecule has 2 rings (SSSR count). The lowest BCUT2D eigenvalue weighted by atomic mass is 10.2. The second-order valence-corrected chi connectivity index (χ2v) is 6.50. The molecule has 0 aliphatic rings. The van der Waals surface area contributed by atoms with E-state index in [0.29, 0.717) is 11.9 Å². The molecule has 0 bridgehead atoms. The lowest BCUT2D eigenvalue weighted by molar-refractivity contribution is 0.748. The molecule has 0 aliphatic carbocycles. The molecule has 20 heavy (non-hydrogen) atoms. The van der Waals surface area contributed by atoms with Gasteiger partial charge in [0.1, 0.15) is 0 Å². The smallest absolute Gasteiger partial charge is 0.240 e. The predicted molar refractivity (Wildman–Crippen MR) is 87.3 cm³/mol. The summed E-state index contributed by atoms with van der Waals surface area (Å²) in [5, 5.41) is 11.8.